The molecule has 2 rings (SSSR count). The molecule has 1 saturated heterocycles. The van der Waals surface area contributed by atoms with Gasteiger partial charge in [0.2, 0.25) is 5.82 Å². The number of nitro groups is 1. The van der Waals surface area contributed by atoms with Gasteiger partial charge in [0, 0.05) is 18.7 Å². The van der Waals surface area contributed by atoms with E-state index in [2.05, 4.69) is 11.8 Å². The highest BCUT2D eigenvalue weighted by molar-refractivity contribution is 5.35. The van der Waals surface area contributed by atoms with E-state index in [0.717, 1.165) is 24.9 Å². The van der Waals surface area contributed by atoms with Gasteiger partial charge in [-0.2, -0.15) is 4.39 Å². The molecule has 1 aromatic carbocycles. The zero-order valence-corrected chi connectivity index (χ0v) is 11.8. The van der Waals surface area contributed by atoms with Crippen molar-refractivity contribution in [3.05, 3.63) is 39.7 Å². The number of rotatable bonds is 5. The molecule has 20 heavy (non-hydrogen) atoms. The molecule has 0 aliphatic carbocycles. The minimum atomic E-state index is -0.739. The van der Waals surface area contributed by atoms with Gasteiger partial charge in [0.15, 0.2) is 0 Å². The van der Waals surface area contributed by atoms with Crippen molar-refractivity contribution in [1.29, 1.82) is 0 Å². The van der Waals surface area contributed by atoms with Gasteiger partial charge in [-0.3, -0.25) is 15.0 Å². The fourth-order valence-electron chi connectivity index (χ4n) is 2.96. The van der Waals surface area contributed by atoms with Crippen molar-refractivity contribution in [3.63, 3.8) is 0 Å². The van der Waals surface area contributed by atoms with Crippen LogP contribution in [0.15, 0.2) is 18.2 Å². The van der Waals surface area contributed by atoms with Gasteiger partial charge in [0.25, 0.3) is 0 Å². The van der Waals surface area contributed by atoms with E-state index in [-0.39, 0.29) is 0 Å². The molecule has 0 saturated carbocycles. The van der Waals surface area contributed by atoms with Crippen LogP contribution in [-0.2, 0) is 6.54 Å². The first-order valence-electron chi connectivity index (χ1n) is 7.28. The number of piperidine rings is 1. The molecule has 0 amide bonds. The van der Waals surface area contributed by atoms with Crippen LogP contribution in [0.5, 0.6) is 0 Å². The third-order valence-electron chi connectivity index (χ3n) is 3.97. The predicted molar refractivity (Wildman–Crippen MR) is 76.0 cm³/mol. The van der Waals surface area contributed by atoms with Crippen molar-refractivity contribution >= 4 is 5.69 Å². The van der Waals surface area contributed by atoms with Crippen molar-refractivity contribution in [2.45, 2.75) is 51.6 Å². The lowest BCUT2D eigenvalue weighted by Crippen LogP contribution is -2.38. The van der Waals surface area contributed by atoms with E-state index in [1.54, 1.807) is 6.07 Å². The summed E-state index contributed by atoms with van der Waals surface area (Å²) in [6.07, 6.45) is 5.94. The largest absolute Gasteiger partial charge is 0.304 e. The first-order chi connectivity index (χ1) is 9.61. The highest BCUT2D eigenvalue weighted by Crippen LogP contribution is 2.24. The Hall–Kier alpha value is -1.49. The van der Waals surface area contributed by atoms with E-state index in [4.69, 9.17) is 0 Å². The number of hydrogen-bond acceptors (Lipinski definition) is 3. The zero-order valence-electron chi connectivity index (χ0n) is 11.8. The zero-order chi connectivity index (χ0) is 14.5. The summed E-state index contributed by atoms with van der Waals surface area (Å²) in [6, 6.07) is 4.80. The van der Waals surface area contributed by atoms with Gasteiger partial charge in [-0.15, -0.1) is 0 Å². The minimum absolute atomic E-state index is 0.447. The van der Waals surface area contributed by atoms with Crippen LogP contribution in [0.25, 0.3) is 0 Å². The van der Waals surface area contributed by atoms with Crippen LogP contribution in [0.1, 0.15) is 44.6 Å². The van der Waals surface area contributed by atoms with Crippen LogP contribution in [-0.4, -0.2) is 22.4 Å². The number of nitro benzene ring substituents is 1. The summed E-state index contributed by atoms with van der Waals surface area (Å²) in [5.74, 6) is -0.739. The van der Waals surface area contributed by atoms with E-state index in [9.17, 15) is 14.5 Å². The van der Waals surface area contributed by atoms with Gasteiger partial charge in [-0.1, -0.05) is 25.8 Å². The molecule has 1 unspecified atom stereocenters. The fraction of sp³-hybridized carbons (Fsp3) is 0.600. The van der Waals surface area contributed by atoms with Crippen LogP contribution in [0.2, 0.25) is 0 Å². The molecule has 4 nitrogen and oxygen atoms in total. The van der Waals surface area contributed by atoms with Crippen LogP contribution < -0.4 is 0 Å². The monoisotopic (exact) mass is 280 g/mol. The quantitative estimate of drug-likeness (QED) is 0.607. The average Bonchev–Trinajstić information content (AvgIpc) is 2.41. The summed E-state index contributed by atoms with van der Waals surface area (Å²) in [6.45, 7) is 3.89. The minimum Gasteiger partial charge on any atom is -0.296 e. The number of nitrogens with zero attached hydrogens (tertiary/aromatic N) is 2. The summed E-state index contributed by atoms with van der Waals surface area (Å²) < 4.78 is 13.6. The lowest BCUT2D eigenvalue weighted by atomic mass is 9.97. The predicted octanol–water partition coefficient (Wildman–Crippen LogP) is 3.89. The molecule has 5 heteroatoms. The van der Waals surface area contributed by atoms with Crippen molar-refractivity contribution in [3.8, 4) is 0 Å². The molecule has 1 aromatic rings. The summed E-state index contributed by atoms with van der Waals surface area (Å²) in [5, 5.41) is 10.6. The van der Waals surface area contributed by atoms with Gasteiger partial charge in [0.05, 0.1) is 4.92 Å². The molecular formula is C15H21FN2O2. The lowest BCUT2D eigenvalue weighted by molar-refractivity contribution is -0.387. The van der Waals surface area contributed by atoms with Crippen molar-refractivity contribution in [2.24, 2.45) is 0 Å². The fourth-order valence-corrected chi connectivity index (χ4v) is 2.96. The van der Waals surface area contributed by atoms with E-state index in [0.29, 0.717) is 12.6 Å². The van der Waals surface area contributed by atoms with Crippen molar-refractivity contribution in [1.82, 2.24) is 4.90 Å². The van der Waals surface area contributed by atoms with Crippen molar-refractivity contribution in [2.75, 3.05) is 6.54 Å². The van der Waals surface area contributed by atoms with Crippen LogP contribution in [0.4, 0.5) is 10.1 Å². The SMILES string of the molecule is CCCC1CCCCN1Cc1ccc([N+](=O)[O-])c(F)c1. The van der Waals surface area contributed by atoms with Gasteiger partial charge in [-0.05, 0) is 37.4 Å². The lowest BCUT2D eigenvalue weighted by Gasteiger charge is -2.35. The normalized spacial score (nSPS) is 20.0. The Kier molecular flexibility index (Phi) is 5.06. The molecule has 0 spiro atoms. The Morgan fingerprint density at radius 2 is 2.25 bits per heavy atom. The van der Waals surface area contributed by atoms with Crippen LogP contribution in [0.3, 0.4) is 0 Å². The summed E-state index contributed by atoms with van der Waals surface area (Å²) in [4.78, 5) is 12.3. The number of halogens is 1. The maximum Gasteiger partial charge on any atom is 0.304 e. The second kappa shape index (κ2) is 6.79. The molecule has 110 valence electrons. The third kappa shape index (κ3) is 3.54. The van der Waals surface area contributed by atoms with Gasteiger partial charge in [-0.25, -0.2) is 0 Å². The van der Waals surface area contributed by atoms with E-state index < -0.39 is 16.4 Å². The molecule has 1 fully saturated rings. The first-order valence-corrected chi connectivity index (χ1v) is 7.28. The highest BCUT2D eigenvalue weighted by atomic mass is 19.1. The molecule has 1 aliphatic rings. The highest BCUT2D eigenvalue weighted by Gasteiger charge is 2.22. The molecule has 1 atom stereocenters. The maximum atomic E-state index is 13.6. The average molecular weight is 280 g/mol. The smallest absolute Gasteiger partial charge is 0.296 e. The molecule has 0 aromatic heterocycles. The van der Waals surface area contributed by atoms with E-state index in [1.807, 2.05) is 0 Å². The molecular weight excluding hydrogens is 259 g/mol. The number of benzene rings is 1. The van der Waals surface area contributed by atoms with Gasteiger partial charge < -0.3 is 0 Å². The summed E-state index contributed by atoms with van der Waals surface area (Å²) in [7, 11) is 0. The van der Waals surface area contributed by atoms with E-state index >= 15 is 0 Å². The molecule has 0 N–H and O–H groups in total. The summed E-state index contributed by atoms with van der Waals surface area (Å²) >= 11 is 0. The Morgan fingerprint density at radius 1 is 1.45 bits per heavy atom. The molecule has 0 bridgehead atoms. The molecule has 1 heterocycles. The Morgan fingerprint density at radius 3 is 2.90 bits per heavy atom. The standard InChI is InChI=1S/C15H21FN2O2/c1-2-5-13-6-3-4-9-17(13)11-12-7-8-15(18(19)20)14(16)10-12/h7-8,10,13H,2-6,9,11H2,1H3. The Bertz CT molecular complexity index is 477. The van der Waals surface area contributed by atoms with E-state index in [1.165, 1.54) is 31.4 Å². The van der Waals surface area contributed by atoms with Gasteiger partial charge >= 0.3 is 5.69 Å². The Balaban J connectivity index is 2.08. The number of hydrogen-bond donors (Lipinski definition) is 0. The van der Waals surface area contributed by atoms with Crippen LogP contribution in [0, 0.1) is 15.9 Å². The first kappa shape index (κ1) is 14.9. The van der Waals surface area contributed by atoms with Crippen molar-refractivity contribution < 1.29 is 9.31 Å². The second-order valence-corrected chi connectivity index (χ2v) is 5.45. The molecule has 1 aliphatic heterocycles. The summed E-state index contributed by atoms with van der Waals surface area (Å²) in [5.41, 5.74) is 0.369. The second-order valence-electron chi connectivity index (χ2n) is 5.45. The number of likely N-dealkylation sites (tertiary alicyclic amines) is 1. The van der Waals surface area contributed by atoms with Gasteiger partial charge in [0.1, 0.15) is 0 Å². The Labute approximate surface area is 118 Å². The van der Waals surface area contributed by atoms with Crippen LogP contribution >= 0.6 is 0 Å². The maximum absolute atomic E-state index is 13.6. The topological polar surface area (TPSA) is 46.4 Å². The third-order valence-corrected chi connectivity index (χ3v) is 3.97. The molecule has 0 radical (unpaired) electrons.